The van der Waals surface area contributed by atoms with Gasteiger partial charge in [-0.2, -0.15) is 25.3 Å². The van der Waals surface area contributed by atoms with E-state index in [2.05, 4.69) is 54.1 Å². The molecule has 0 radical (unpaired) electrons. The summed E-state index contributed by atoms with van der Waals surface area (Å²) in [6.07, 6.45) is 8.33. The van der Waals surface area contributed by atoms with Crippen LogP contribution in [0.5, 0.6) is 5.75 Å². The molecule has 0 saturated carbocycles. The van der Waals surface area contributed by atoms with Crippen LogP contribution >= 0.6 is 25.3 Å². The van der Waals surface area contributed by atoms with Crippen LogP contribution in [0.3, 0.4) is 0 Å². The lowest BCUT2D eigenvalue weighted by atomic mass is 10.1. The zero-order valence-corrected chi connectivity index (χ0v) is 17.6. The number of nitrogen functional groups attached to an aromatic ring is 1. The molecule has 6 heteroatoms. The molecule has 2 aromatic rings. The predicted molar refractivity (Wildman–Crippen MR) is 128 cm³/mol. The fourth-order valence-electron chi connectivity index (χ4n) is 2.55. The van der Waals surface area contributed by atoms with Gasteiger partial charge in [0.1, 0.15) is 5.75 Å². The van der Waals surface area contributed by atoms with Crippen molar-refractivity contribution in [2.75, 3.05) is 30.3 Å². The summed E-state index contributed by atoms with van der Waals surface area (Å²) in [6, 6.07) is 15.3. The summed E-state index contributed by atoms with van der Waals surface area (Å²) in [6.45, 7) is 1.65. The molecule has 150 valence electrons. The van der Waals surface area contributed by atoms with Crippen LogP contribution in [-0.2, 0) is 0 Å². The monoisotopic (exact) mass is 415 g/mol. The van der Waals surface area contributed by atoms with Gasteiger partial charge in [-0.25, -0.2) is 0 Å². The van der Waals surface area contributed by atoms with E-state index in [9.17, 15) is 5.11 Å². The van der Waals surface area contributed by atoms with E-state index in [1.165, 1.54) is 0 Å². The third-order valence-electron chi connectivity index (χ3n) is 4.20. The number of thiol groups is 2. The summed E-state index contributed by atoms with van der Waals surface area (Å²) in [5, 5.41) is 16.3. The molecule has 0 heterocycles. The minimum absolute atomic E-state index is 0.179. The average molecular weight is 416 g/mol. The molecule has 2 rings (SSSR count). The van der Waals surface area contributed by atoms with Gasteiger partial charge in [-0.05, 0) is 35.4 Å². The summed E-state index contributed by atoms with van der Waals surface area (Å²) in [5.41, 5.74) is 8.65. The molecule has 0 aliphatic carbocycles. The zero-order chi connectivity index (χ0) is 20.2. The van der Waals surface area contributed by atoms with Crippen LogP contribution in [0.15, 0.2) is 60.7 Å². The van der Waals surface area contributed by atoms with Crippen molar-refractivity contribution in [3.63, 3.8) is 0 Å². The number of rotatable bonds is 11. The fourth-order valence-corrected chi connectivity index (χ4v) is 3.05. The highest BCUT2D eigenvalue weighted by atomic mass is 32.1. The first kappa shape index (κ1) is 22.4. The standard InChI is InChI=1S/C22H29N3OS2/c23-19-7-1-17(2-8-19)3-9-20(15-27)24-13-14-25-21(16-28)10-4-18-5-11-22(26)12-6-18/h1-12,20-21,24-28H,13-16,23H2/b9-3+,10-4+. The van der Waals surface area contributed by atoms with Crippen molar-refractivity contribution in [3.8, 4) is 5.75 Å². The molecule has 0 bridgehead atoms. The number of nitrogens with two attached hydrogens (primary N) is 1. The van der Waals surface area contributed by atoms with Gasteiger partial charge in [0, 0.05) is 42.4 Å². The number of hydrogen-bond donors (Lipinski definition) is 6. The van der Waals surface area contributed by atoms with Gasteiger partial charge in [0.25, 0.3) is 0 Å². The van der Waals surface area contributed by atoms with Crippen molar-refractivity contribution in [1.82, 2.24) is 10.6 Å². The van der Waals surface area contributed by atoms with Crippen molar-refractivity contribution in [3.05, 3.63) is 71.8 Å². The van der Waals surface area contributed by atoms with E-state index in [1.807, 2.05) is 42.5 Å². The highest BCUT2D eigenvalue weighted by molar-refractivity contribution is 7.80. The second kappa shape index (κ2) is 12.6. The number of hydrogen-bond acceptors (Lipinski definition) is 6. The maximum absolute atomic E-state index is 9.33. The SMILES string of the molecule is Nc1ccc(/C=C/C(CS)NCCNC(/C=C/c2ccc(O)cc2)CS)cc1. The third-order valence-corrected chi connectivity index (χ3v) is 4.99. The molecule has 2 unspecified atom stereocenters. The van der Waals surface area contributed by atoms with Gasteiger partial charge in [-0.3, -0.25) is 0 Å². The van der Waals surface area contributed by atoms with Crippen molar-refractivity contribution in [2.24, 2.45) is 0 Å². The summed E-state index contributed by atoms with van der Waals surface area (Å²) < 4.78 is 0. The number of phenols is 1. The number of aromatic hydroxyl groups is 1. The maximum Gasteiger partial charge on any atom is 0.115 e. The molecule has 28 heavy (non-hydrogen) atoms. The summed E-state index contributed by atoms with van der Waals surface area (Å²) in [7, 11) is 0. The zero-order valence-electron chi connectivity index (χ0n) is 15.8. The smallest absolute Gasteiger partial charge is 0.115 e. The maximum atomic E-state index is 9.33. The Balaban J connectivity index is 1.73. The second-order valence-electron chi connectivity index (χ2n) is 6.46. The number of phenolic OH excluding ortho intramolecular Hbond substituents is 1. The van der Waals surface area contributed by atoms with Gasteiger partial charge in [-0.15, -0.1) is 0 Å². The molecule has 5 N–H and O–H groups in total. The molecule has 0 aromatic heterocycles. The summed E-state index contributed by atoms with van der Waals surface area (Å²) in [5.74, 6) is 1.71. The van der Waals surface area contributed by atoms with Gasteiger partial charge < -0.3 is 21.5 Å². The Hall–Kier alpha value is -1.86. The number of anilines is 1. The Bertz CT molecular complexity index is 680. The lowest BCUT2D eigenvalue weighted by molar-refractivity contribution is 0.475. The first-order valence-corrected chi connectivity index (χ1v) is 10.6. The van der Waals surface area contributed by atoms with Gasteiger partial charge in [0.05, 0.1) is 0 Å². The number of benzene rings is 2. The quantitative estimate of drug-likeness (QED) is 0.193. The molecule has 2 aromatic carbocycles. The van der Waals surface area contributed by atoms with Crippen LogP contribution in [0.25, 0.3) is 12.2 Å². The largest absolute Gasteiger partial charge is 0.508 e. The Morgan fingerprint density at radius 2 is 1.21 bits per heavy atom. The van der Waals surface area contributed by atoms with E-state index in [1.54, 1.807) is 12.1 Å². The lowest BCUT2D eigenvalue weighted by Crippen LogP contribution is -2.38. The first-order chi connectivity index (χ1) is 13.6. The van der Waals surface area contributed by atoms with E-state index >= 15 is 0 Å². The van der Waals surface area contributed by atoms with Crippen LogP contribution in [0, 0.1) is 0 Å². The average Bonchev–Trinajstić information content (AvgIpc) is 2.72. The molecular formula is C22H29N3OS2. The Morgan fingerprint density at radius 1 is 0.786 bits per heavy atom. The summed E-state index contributed by atoms with van der Waals surface area (Å²) >= 11 is 8.84. The highest BCUT2D eigenvalue weighted by Crippen LogP contribution is 2.11. The van der Waals surface area contributed by atoms with Crippen LogP contribution in [0.4, 0.5) is 5.69 Å². The van der Waals surface area contributed by atoms with E-state index < -0.39 is 0 Å². The normalized spacial score (nSPS) is 13.9. The molecule has 2 atom stereocenters. The molecular weight excluding hydrogens is 386 g/mol. The van der Waals surface area contributed by atoms with Crippen LogP contribution in [-0.4, -0.2) is 41.8 Å². The van der Waals surface area contributed by atoms with Gasteiger partial charge in [0.2, 0.25) is 0 Å². The Morgan fingerprint density at radius 3 is 1.64 bits per heavy atom. The lowest BCUT2D eigenvalue weighted by Gasteiger charge is -2.16. The van der Waals surface area contributed by atoms with Gasteiger partial charge in [0.15, 0.2) is 0 Å². The van der Waals surface area contributed by atoms with Gasteiger partial charge in [-0.1, -0.05) is 48.6 Å². The van der Waals surface area contributed by atoms with Crippen molar-refractivity contribution < 1.29 is 5.11 Å². The van der Waals surface area contributed by atoms with Crippen LogP contribution < -0.4 is 16.4 Å². The van der Waals surface area contributed by atoms with Crippen molar-refractivity contribution in [2.45, 2.75) is 12.1 Å². The third kappa shape index (κ3) is 8.44. The molecule has 0 fully saturated rings. The minimum atomic E-state index is 0.179. The van der Waals surface area contributed by atoms with Crippen molar-refractivity contribution in [1.29, 1.82) is 0 Å². The summed E-state index contributed by atoms with van der Waals surface area (Å²) in [4.78, 5) is 0. The van der Waals surface area contributed by atoms with Crippen molar-refractivity contribution >= 4 is 43.1 Å². The molecule has 0 aliphatic rings. The predicted octanol–water partition coefficient (Wildman–Crippen LogP) is 3.48. The molecule has 0 amide bonds. The van der Waals surface area contributed by atoms with E-state index in [0.29, 0.717) is 5.75 Å². The molecule has 0 saturated heterocycles. The second-order valence-corrected chi connectivity index (χ2v) is 7.19. The highest BCUT2D eigenvalue weighted by Gasteiger charge is 2.04. The molecule has 4 nitrogen and oxygen atoms in total. The topological polar surface area (TPSA) is 70.3 Å². The minimum Gasteiger partial charge on any atom is -0.508 e. The molecule has 0 aliphatic heterocycles. The Kier molecular flexibility index (Phi) is 10.1. The van der Waals surface area contributed by atoms with Crippen LogP contribution in [0.2, 0.25) is 0 Å². The first-order valence-electron chi connectivity index (χ1n) is 9.30. The van der Waals surface area contributed by atoms with Crippen LogP contribution in [0.1, 0.15) is 11.1 Å². The number of nitrogens with one attached hydrogen (secondary N) is 2. The fraction of sp³-hybridized carbons (Fsp3) is 0.273. The molecule has 0 spiro atoms. The van der Waals surface area contributed by atoms with Gasteiger partial charge >= 0.3 is 0 Å². The van der Waals surface area contributed by atoms with E-state index in [4.69, 9.17) is 5.73 Å². The van der Waals surface area contributed by atoms with E-state index in [-0.39, 0.29) is 17.8 Å². The van der Waals surface area contributed by atoms with E-state index in [0.717, 1.165) is 35.7 Å². The Labute approximate surface area is 178 Å².